The highest BCUT2D eigenvalue weighted by molar-refractivity contribution is 6.30. The second-order valence-electron chi connectivity index (χ2n) is 3.95. The molecule has 2 aromatic rings. The van der Waals surface area contributed by atoms with Crippen LogP contribution in [-0.4, -0.2) is 19.3 Å². The Bertz CT molecular complexity index is 642. The van der Waals surface area contributed by atoms with Crippen molar-refractivity contribution in [1.29, 1.82) is 0 Å². The number of H-pyrrole nitrogens is 1. The lowest BCUT2D eigenvalue weighted by Gasteiger charge is -2.06. The first-order valence-electron chi connectivity index (χ1n) is 5.56. The van der Waals surface area contributed by atoms with Crippen molar-refractivity contribution in [2.24, 2.45) is 0 Å². The molecule has 6 nitrogen and oxygen atoms in total. The van der Waals surface area contributed by atoms with Gasteiger partial charge in [-0.2, -0.15) is 5.10 Å². The Balaban J connectivity index is 2.13. The highest BCUT2D eigenvalue weighted by Crippen LogP contribution is 2.03. The first-order chi connectivity index (χ1) is 8.59. The fourth-order valence-electron chi connectivity index (χ4n) is 1.67. The van der Waals surface area contributed by atoms with Crippen LogP contribution in [0.15, 0.2) is 28.0 Å². The van der Waals surface area contributed by atoms with Crippen LogP contribution in [0.5, 0.6) is 0 Å². The van der Waals surface area contributed by atoms with Gasteiger partial charge in [0.1, 0.15) is 5.15 Å². The van der Waals surface area contributed by atoms with Gasteiger partial charge >= 0.3 is 5.69 Å². The lowest BCUT2D eigenvalue weighted by Crippen LogP contribution is -2.36. The summed E-state index contributed by atoms with van der Waals surface area (Å²) in [7, 11) is 0. The van der Waals surface area contributed by atoms with Gasteiger partial charge in [-0.05, 0) is 19.4 Å². The summed E-state index contributed by atoms with van der Waals surface area (Å²) in [5.41, 5.74) is -0.462. The van der Waals surface area contributed by atoms with Crippen molar-refractivity contribution in [2.45, 2.75) is 26.4 Å². The zero-order chi connectivity index (χ0) is 13.1. The van der Waals surface area contributed by atoms with Gasteiger partial charge in [0.25, 0.3) is 5.56 Å². The van der Waals surface area contributed by atoms with Gasteiger partial charge in [-0.15, -0.1) is 0 Å². The molecule has 0 spiro atoms. The zero-order valence-corrected chi connectivity index (χ0v) is 10.6. The van der Waals surface area contributed by atoms with Crippen LogP contribution < -0.4 is 11.2 Å². The van der Waals surface area contributed by atoms with Crippen LogP contribution in [0.1, 0.15) is 12.0 Å². The second-order valence-corrected chi connectivity index (χ2v) is 4.33. The summed E-state index contributed by atoms with van der Waals surface area (Å²) >= 11 is 5.72. The SMILES string of the molecule is Cc1c(Cl)[nH]c(=O)n(CCCn2cccn2)c1=O. The molecule has 0 radical (unpaired) electrons. The minimum atomic E-state index is -0.476. The molecule has 0 saturated carbocycles. The normalized spacial score (nSPS) is 10.8. The van der Waals surface area contributed by atoms with Crippen LogP contribution in [0.2, 0.25) is 5.15 Å². The predicted molar refractivity (Wildman–Crippen MR) is 67.9 cm³/mol. The average molecular weight is 269 g/mol. The Kier molecular flexibility index (Phi) is 3.66. The molecule has 0 saturated heterocycles. The summed E-state index contributed by atoms with van der Waals surface area (Å²) in [5.74, 6) is 0. The van der Waals surface area contributed by atoms with Crippen LogP contribution in [0, 0.1) is 6.92 Å². The molecule has 0 fully saturated rings. The van der Waals surface area contributed by atoms with E-state index >= 15 is 0 Å². The predicted octanol–water partition coefficient (Wildman–Crippen LogP) is 0.785. The summed E-state index contributed by atoms with van der Waals surface area (Å²) in [5, 5.41) is 4.15. The van der Waals surface area contributed by atoms with Gasteiger partial charge in [0.05, 0.1) is 0 Å². The molecule has 1 N–H and O–H groups in total. The lowest BCUT2D eigenvalue weighted by atomic mass is 10.3. The van der Waals surface area contributed by atoms with E-state index in [0.717, 1.165) is 4.57 Å². The molecule has 18 heavy (non-hydrogen) atoms. The van der Waals surface area contributed by atoms with Crippen molar-refractivity contribution in [3.63, 3.8) is 0 Å². The number of hydrogen-bond donors (Lipinski definition) is 1. The second kappa shape index (κ2) is 5.22. The minimum Gasteiger partial charge on any atom is -0.297 e. The van der Waals surface area contributed by atoms with Gasteiger partial charge in [-0.25, -0.2) is 4.79 Å². The molecule has 2 rings (SSSR count). The molecule has 0 unspecified atom stereocenters. The van der Waals surface area contributed by atoms with E-state index in [4.69, 9.17) is 11.6 Å². The maximum Gasteiger partial charge on any atom is 0.329 e. The summed E-state index contributed by atoms with van der Waals surface area (Å²) in [6, 6.07) is 1.82. The number of rotatable bonds is 4. The van der Waals surface area contributed by atoms with Crippen LogP contribution in [0.4, 0.5) is 0 Å². The highest BCUT2D eigenvalue weighted by Gasteiger charge is 2.08. The average Bonchev–Trinajstić information content (AvgIpc) is 2.84. The fraction of sp³-hybridized carbons (Fsp3) is 0.364. The van der Waals surface area contributed by atoms with E-state index in [2.05, 4.69) is 10.1 Å². The molecule has 0 bridgehead atoms. The van der Waals surface area contributed by atoms with E-state index < -0.39 is 5.69 Å². The number of nitrogens with one attached hydrogen (secondary N) is 1. The Hall–Kier alpha value is -1.82. The minimum absolute atomic E-state index is 0.105. The third-order valence-corrected chi connectivity index (χ3v) is 3.06. The molecule has 96 valence electrons. The smallest absolute Gasteiger partial charge is 0.297 e. The first kappa shape index (κ1) is 12.6. The standard InChI is InChI=1S/C11H13ClN4O2/c1-8-9(12)14-11(18)16(10(8)17)7-3-6-15-5-2-4-13-15/h2,4-5H,3,6-7H2,1H3,(H,14,18). The molecule has 0 aliphatic heterocycles. The first-order valence-corrected chi connectivity index (χ1v) is 5.94. The third kappa shape index (κ3) is 2.53. The molecular weight excluding hydrogens is 256 g/mol. The summed E-state index contributed by atoms with van der Waals surface area (Å²) < 4.78 is 2.91. The van der Waals surface area contributed by atoms with Crippen LogP contribution in [0.3, 0.4) is 0 Å². The molecule has 2 aromatic heterocycles. The van der Waals surface area contributed by atoms with E-state index in [0.29, 0.717) is 25.1 Å². The van der Waals surface area contributed by atoms with E-state index in [1.165, 1.54) is 0 Å². The number of aromatic nitrogens is 4. The van der Waals surface area contributed by atoms with Crippen molar-refractivity contribution >= 4 is 11.6 Å². The zero-order valence-electron chi connectivity index (χ0n) is 9.89. The molecule has 2 heterocycles. The van der Waals surface area contributed by atoms with Gasteiger partial charge < -0.3 is 0 Å². The monoisotopic (exact) mass is 268 g/mol. The van der Waals surface area contributed by atoms with Crippen molar-refractivity contribution in [2.75, 3.05) is 0 Å². The van der Waals surface area contributed by atoms with Crippen molar-refractivity contribution in [3.05, 3.63) is 50.0 Å². The topological polar surface area (TPSA) is 72.7 Å². The number of hydrogen-bond acceptors (Lipinski definition) is 3. The number of aromatic amines is 1. The molecule has 7 heteroatoms. The van der Waals surface area contributed by atoms with Crippen molar-refractivity contribution in [3.8, 4) is 0 Å². The summed E-state index contributed by atoms with van der Waals surface area (Å²) in [6.45, 7) is 2.58. The van der Waals surface area contributed by atoms with E-state index in [1.807, 2.05) is 12.3 Å². The fourth-order valence-corrected chi connectivity index (χ4v) is 1.83. The molecule has 0 aliphatic carbocycles. The third-order valence-electron chi connectivity index (χ3n) is 2.69. The number of halogens is 1. The van der Waals surface area contributed by atoms with E-state index in [-0.39, 0.29) is 10.7 Å². The van der Waals surface area contributed by atoms with Crippen LogP contribution in [-0.2, 0) is 13.1 Å². The molecule has 0 atom stereocenters. The number of nitrogens with zero attached hydrogens (tertiary/aromatic N) is 3. The maximum atomic E-state index is 11.8. The maximum absolute atomic E-state index is 11.8. The molecule has 0 amide bonds. The highest BCUT2D eigenvalue weighted by atomic mass is 35.5. The largest absolute Gasteiger partial charge is 0.329 e. The molecule has 0 aromatic carbocycles. The van der Waals surface area contributed by atoms with Gasteiger partial charge in [0.2, 0.25) is 0 Å². The van der Waals surface area contributed by atoms with Gasteiger partial charge in [-0.1, -0.05) is 11.6 Å². The summed E-state index contributed by atoms with van der Waals surface area (Å²) in [4.78, 5) is 25.9. The van der Waals surface area contributed by atoms with E-state index in [1.54, 1.807) is 17.8 Å². The van der Waals surface area contributed by atoms with Gasteiger partial charge in [0, 0.05) is 31.0 Å². The Labute approximate surface area is 108 Å². The van der Waals surface area contributed by atoms with Crippen LogP contribution >= 0.6 is 11.6 Å². The number of aryl methyl sites for hydroxylation is 1. The van der Waals surface area contributed by atoms with E-state index in [9.17, 15) is 9.59 Å². The van der Waals surface area contributed by atoms with Gasteiger partial charge in [0.15, 0.2) is 0 Å². The Morgan fingerprint density at radius 2 is 2.17 bits per heavy atom. The van der Waals surface area contributed by atoms with Crippen LogP contribution in [0.25, 0.3) is 0 Å². The molecular formula is C11H13ClN4O2. The lowest BCUT2D eigenvalue weighted by molar-refractivity contribution is 0.506. The Morgan fingerprint density at radius 3 is 2.83 bits per heavy atom. The van der Waals surface area contributed by atoms with Crippen molar-refractivity contribution < 1.29 is 0 Å². The summed E-state index contributed by atoms with van der Waals surface area (Å²) in [6.07, 6.45) is 4.16. The van der Waals surface area contributed by atoms with Crippen molar-refractivity contribution in [1.82, 2.24) is 19.3 Å². The quantitative estimate of drug-likeness (QED) is 0.833. The molecule has 0 aliphatic rings. The Morgan fingerprint density at radius 1 is 1.39 bits per heavy atom. The van der Waals surface area contributed by atoms with Gasteiger partial charge in [-0.3, -0.25) is 19.0 Å².